The lowest BCUT2D eigenvalue weighted by Gasteiger charge is -2.07. The van der Waals surface area contributed by atoms with Crippen molar-refractivity contribution in [3.63, 3.8) is 0 Å². The third kappa shape index (κ3) is 2.86. The molecule has 0 fully saturated rings. The SMILES string of the molecule is CC.Cc1noc(C(C)C)c1C(C)C. The maximum absolute atomic E-state index is 5.27. The van der Waals surface area contributed by atoms with Gasteiger partial charge in [0.1, 0.15) is 5.76 Å². The van der Waals surface area contributed by atoms with E-state index < -0.39 is 0 Å². The van der Waals surface area contributed by atoms with Crippen LogP contribution in [0.25, 0.3) is 0 Å². The fourth-order valence-electron chi connectivity index (χ4n) is 1.51. The average molecular weight is 197 g/mol. The van der Waals surface area contributed by atoms with Gasteiger partial charge in [0.25, 0.3) is 0 Å². The van der Waals surface area contributed by atoms with Crippen LogP contribution in [0.1, 0.15) is 70.4 Å². The van der Waals surface area contributed by atoms with Crippen LogP contribution in [0.4, 0.5) is 0 Å². The van der Waals surface area contributed by atoms with Crippen LogP contribution in [0.15, 0.2) is 4.52 Å². The number of hydrogen-bond acceptors (Lipinski definition) is 2. The molecule has 1 rings (SSSR count). The molecular formula is C12H23NO. The lowest BCUT2D eigenvalue weighted by Crippen LogP contribution is -1.95. The molecule has 0 aliphatic carbocycles. The van der Waals surface area contributed by atoms with Crippen molar-refractivity contribution >= 4 is 0 Å². The van der Waals surface area contributed by atoms with Gasteiger partial charge >= 0.3 is 0 Å². The summed E-state index contributed by atoms with van der Waals surface area (Å²) in [6.07, 6.45) is 0. The van der Waals surface area contributed by atoms with Crippen LogP contribution < -0.4 is 0 Å². The molecule has 0 radical (unpaired) electrons. The number of aromatic nitrogens is 1. The molecule has 1 aromatic rings. The summed E-state index contributed by atoms with van der Waals surface area (Å²) in [7, 11) is 0. The average Bonchev–Trinajstić information content (AvgIpc) is 2.50. The van der Waals surface area contributed by atoms with Crippen molar-refractivity contribution in [1.82, 2.24) is 5.16 Å². The summed E-state index contributed by atoms with van der Waals surface area (Å²) in [4.78, 5) is 0. The Kier molecular flexibility index (Phi) is 5.51. The highest BCUT2D eigenvalue weighted by Crippen LogP contribution is 2.28. The van der Waals surface area contributed by atoms with Gasteiger partial charge in [-0.15, -0.1) is 0 Å². The molecule has 2 nitrogen and oxygen atoms in total. The van der Waals surface area contributed by atoms with Crippen LogP contribution in [0, 0.1) is 6.92 Å². The van der Waals surface area contributed by atoms with Gasteiger partial charge in [0, 0.05) is 11.5 Å². The zero-order valence-corrected chi connectivity index (χ0v) is 10.5. The minimum atomic E-state index is 0.434. The van der Waals surface area contributed by atoms with Gasteiger partial charge < -0.3 is 4.52 Å². The molecule has 0 saturated heterocycles. The summed E-state index contributed by atoms with van der Waals surface area (Å²) in [5.41, 5.74) is 2.32. The molecule has 0 amide bonds. The summed E-state index contributed by atoms with van der Waals surface area (Å²) in [6.45, 7) is 14.6. The number of aryl methyl sites for hydroxylation is 1. The predicted molar refractivity (Wildman–Crippen MR) is 60.8 cm³/mol. The summed E-state index contributed by atoms with van der Waals surface area (Å²) >= 11 is 0. The van der Waals surface area contributed by atoms with Crippen LogP contribution >= 0.6 is 0 Å². The van der Waals surface area contributed by atoms with E-state index in [2.05, 4.69) is 32.9 Å². The highest BCUT2D eigenvalue weighted by atomic mass is 16.5. The topological polar surface area (TPSA) is 26.0 Å². The van der Waals surface area contributed by atoms with Gasteiger partial charge in [0.2, 0.25) is 0 Å². The van der Waals surface area contributed by atoms with Crippen molar-refractivity contribution in [2.45, 2.75) is 60.3 Å². The Labute approximate surface area is 87.7 Å². The molecule has 14 heavy (non-hydrogen) atoms. The first kappa shape index (κ1) is 13.2. The summed E-state index contributed by atoms with van der Waals surface area (Å²) in [6, 6.07) is 0. The van der Waals surface area contributed by atoms with Gasteiger partial charge in [-0.1, -0.05) is 46.7 Å². The van der Waals surface area contributed by atoms with E-state index >= 15 is 0 Å². The molecule has 1 aromatic heterocycles. The van der Waals surface area contributed by atoms with Gasteiger partial charge in [-0.25, -0.2) is 0 Å². The van der Waals surface area contributed by atoms with Crippen LogP contribution in [0.5, 0.6) is 0 Å². The Morgan fingerprint density at radius 3 is 1.79 bits per heavy atom. The van der Waals surface area contributed by atoms with Crippen LogP contribution in [-0.4, -0.2) is 5.16 Å². The summed E-state index contributed by atoms with van der Waals surface area (Å²) < 4.78 is 5.27. The van der Waals surface area contributed by atoms with Gasteiger partial charge in [0.05, 0.1) is 5.69 Å². The second-order valence-corrected chi connectivity index (χ2v) is 3.86. The highest BCUT2D eigenvalue weighted by Gasteiger charge is 2.17. The Bertz CT molecular complexity index is 261. The first-order valence-corrected chi connectivity index (χ1v) is 5.50. The molecule has 0 unspecified atom stereocenters. The highest BCUT2D eigenvalue weighted by molar-refractivity contribution is 5.27. The van der Waals surface area contributed by atoms with E-state index in [1.165, 1.54) is 5.56 Å². The monoisotopic (exact) mass is 197 g/mol. The zero-order chi connectivity index (χ0) is 11.3. The molecule has 0 N–H and O–H groups in total. The fraction of sp³-hybridized carbons (Fsp3) is 0.750. The Morgan fingerprint density at radius 1 is 1.00 bits per heavy atom. The number of rotatable bonds is 2. The zero-order valence-electron chi connectivity index (χ0n) is 10.5. The lowest BCUT2D eigenvalue weighted by atomic mass is 9.96. The van der Waals surface area contributed by atoms with Crippen molar-refractivity contribution in [2.24, 2.45) is 0 Å². The molecule has 0 aromatic carbocycles. The van der Waals surface area contributed by atoms with Crippen molar-refractivity contribution in [1.29, 1.82) is 0 Å². The van der Waals surface area contributed by atoms with E-state index in [9.17, 15) is 0 Å². The van der Waals surface area contributed by atoms with Gasteiger partial charge in [-0.3, -0.25) is 0 Å². The molecule has 2 heteroatoms. The molecule has 0 aliphatic rings. The second-order valence-electron chi connectivity index (χ2n) is 3.86. The molecule has 1 heterocycles. The third-order valence-electron chi connectivity index (χ3n) is 2.04. The van der Waals surface area contributed by atoms with E-state index in [4.69, 9.17) is 4.52 Å². The maximum Gasteiger partial charge on any atom is 0.142 e. The van der Waals surface area contributed by atoms with Gasteiger partial charge in [-0.2, -0.15) is 0 Å². The Balaban J connectivity index is 0.000000791. The quantitative estimate of drug-likeness (QED) is 0.708. The maximum atomic E-state index is 5.27. The predicted octanol–water partition coefficient (Wildman–Crippen LogP) is 4.26. The van der Waals surface area contributed by atoms with Gasteiger partial charge in [-0.05, 0) is 12.8 Å². The first-order chi connectivity index (χ1) is 6.54. The van der Waals surface area contributed by atoms with Crippen molar-refractivity contribution in [2.75, 3.05) is 0 Å². The minimum absolute atomic E-state index is 0.434. The summed E-state index contributed by atoms with van der Waals surface area (Å²) in [5.74, 6) is 1.99. The van der Waals surface area contributed by atoms with Crippen molar-refractivity contribution in [3.05, 3.63) is 17.0 Å². The Morgan fingerprint density at radius 2 is 1.50 bits per heavy atom. The molecule has 0 spiro atoms. The smallest absolute Gasteiger partial charge is 0.142 e. The van der Waals surface area contributed by atoms with Crippen molar-refractivity contribution in [3.8, 4) is 0 Å². The van der Waals surface area contributed by atoms with E-state index in [0.29, 0.717) is 11.8 Å². The minimum Gasteiger partial charge on any atom is -0.361 e. The summed E-state index contributed by atoms with van der Waals surface area (Å²) in [5, 5.41) is 3.98. The molecule has 0 atom stereocenters. The largest absolute Gasteiger partial charge is 0.361 e. The Hall–Kier alpha value is -0.790. The number of nitrogens with zero attached hydrogens (tertiary/aromatic N) is 1. The van der Waals surface area contributed by atoms with Crippen LogP contribution in [0.3, 0.4) is 0 Å². The van der Waals surface area contributed by atoms with E-state index in [-0.39, 0.29) is 0 Å². The van der Waals surface area contributed by atoms with Crippen LogP contribution in [-0.2, 0) is 0 Å². The second kappa shape index (κ2) is 5.84. The molecule has 0 bridgehead atoms. The standard InChI is InChI=1S/C10H17NO.C2H6/c1-6(2)9-8(5)11-12-10(9)7(3)4;1-2/h6-7H,1-5H3;1-2H3. The molecular weight excluding hydrogens is 174 g/mol. The van der Waals surface area contributed by atoms with Crippen LogP contribution in [0.2, 0.25) is 0 Å². The van der Waals surface area contributed by atoms with E-state index in [1.54, 1.807) is 0 Å². The van der Waals surface area contributed by atoms with E-state index in [0.717, 1.165) is 11.5 Å². The van der Waals surface area contributed by atoms with Crippen molar-refractivity contribution < 1.29 is 4.52 Å². The first-order valence-electron chi connectivity index (χ1n) is 5.50. The normalized spacial score (nSPS) is 10.4. The van der Waals surface area contributed by atoms with E-state index in [1.807, 2.05) is 20.8 Å². The van der Waals surface area contributed by atoms with Gasteiger partial charge in [0.15, 0.2) is 0 Å². The lowest BCUT2D eigenvalue weighted by molar-refractivity contribution is 0.365. The molecule has 82 valence electrons. The molecule has 0 saturated carbocycles. The third-order valence-corrected chi connectivity index (χ3v) is 2.04. The number of hydrogen-bond donors (Lipinski definition) is 0. The fourth-order valence-corrected chi connectivity index (χ4v) is 1.51. The molecule has 0 aliphatic heterocycles.